The number of methoxy groups -OCH3 is 1. The van der Waals surface area contributed by atoms with Crippen LogP contribution in [-0.4, -0.2) is 23.0 Å². The number of aromatic nitrogens is 2. The quantitative estimate of drug-likeness (QED) is 0.659. The van der Waals surface area contributed by atoms with Crippen LogP contribution in [-0.2, 0) is 9.53 Å². The fraction of sp³-hybridized carbons (Fsp3) is 0.500. The molecule has 5 heteroatoms. The zero-order valence-electron chi connectivity index (χ0n) is 7.70. The van der Waals surface area contributed by atoms with Gasteiger partial charge in [0, 0.05) is 11.9 Å². The van der Waals surface area contributed by atoms with E-state index in [2.05, 4.69) is 14.7 Å². The molecule has 0 saturated heterocycles. The van der Waals surface area contributed by atoms with Crippen molar-refractivity contribution in [2.75, 3.05) is 7.11 Å². The van der Waals surface area contributed by atoms with Gasteiger partial charge in [-0.05, 0) is 6.92 Å². The van der Waals surface area contributed by atoms with Gasteiger partial charge in [0.15, 0.2) is 0 Å². The number of ether oxygens (including phenoxy) is 1. The van der Waals surface area contributed by atoms with Crippen molar-refractivity contribution in [2.45, 2.75) is 19.4 Å². The number of rotatable bonds is 3. The lowest BCUT2D eigenvalue weighted by atomic mass is 10.2. The van der Waals surface area contributed by atoms with E-state index in [9.17, 15) is 4.79 Å². The summed E-state index contributed by atoms with van der Waals surface area (Å²) < 4.78 is 4.49. The first-order valence-corrected chi connectivity index (χ1v) is 3.97. The second-order valence-electron chi connectivity index (χ2n) is 2.84. The highest BCUT2D eigenvalue weighted by molar-refractivity contribution is 5.70. The summed E-state index contributed by atoms with van der Waals surface area (Å²) in [5.41, 5.74) is 6.62. The SMILES string of the molecule is COC(=O)C[C@H](N)c1ncc(C)[nH]1. The van der Waals surface area contributed by atoms with Gasteiger partial charge in [0.25, 0.3) is 0 Å². The summed E-state index contributed by atoms with van der Waals surface area (Å²) in [7, 11) is 1.34. The number of esters is 1. The molecule has 0 aliphatic heterocycles. The number of nitrogens with zero attached hydrogens (tertiary/aromatic N) is 1. The van der Waals surface area contributed by atoms with Crippen molar-refractivity contribution in [3.63, 3.8) is 0 Å². The monoisotopic (exact) mass is 183 g/mol. The van der Waals surface area contributed by atoms with Gasteiger partial charge in [0.1, 0.15) is 5.82 Å². The van der Waals surface area contributed by atoms with Crippen LogP contribution in [0.5, 0.6) is 0 Å². The first-order chi connectivity index (χ1) is 6.13. The largest absolute Gasteiger partial charge is 0.469 e. The Labute approximate surface area is 76.3 Å². The maximum Gasteiger partial charge on any atom is 0.307 e. The zero-order valence-corrected chi connectivity index (χ0v) is 7.70. The van der Waals surface area contributed by atoms with Crippen molar-refractivity contribution in [2.24, 2.45) is 5.73 Å². The molecule has 1 heterocycles. The Morgan fingerprint density at radius 2 is 2.54 bits per heavy atom. The number of imidazole rings is 1. The number of aromatic amines is 1. The number of hydrogen-bond donors (Lipinski definition) is 2. The van der Waals surface area contributed by atoms with Gasteiger partial charge in [-0.3, -0.25) is 4.79 Å². The second-order valence-corrected chi connectivity index (χ2v) is 2.84. The summed E-state index contributed by atoms with van der Waals surface area (Å²) in [5.74, 6) is 0.282. The van der Waals surface area contributed by atoms with Gasteiger partial charge in [0.2, 0.25) is 0 Å². The number of H-pyrrole nitrogens is 1. The van der Waals surface area contributed by atoms with Gasteiger partial charge >= 0.3 is 5.97 Å². The zero-order chi connectivity index (χ0) is 9.84. The number of nitrogens with one attached hydrogen (secondary N) is 1. The average Bonchev–Trinajstić information content (AvgIpc) is 2.51. The van der Waals surface area contributed by atoms with Crippen LogP contribution in [0.25, 0.3) is 0 Å². The molecule has 0 unspecified atom stereocenters. The van der Waals surface area contributed by atoms with E-state index in [4.69, 9.17) is 5.73 Å². The van der Waals surface area contributed by atoms with Gasteiger partial charge in [-0.25, -0.2) is 4.98 Å². The van der Waals surface area contributed by atoms with Crippen molar-refractivity contribution in [3.8, 4) is 0 Å². The minimum absolute atomic E-state index is 0.142. The second kappa shape index (κ2) is 4.04. The molecule has 72 valence electrons. The van der Waals surface area contributed by atoms with Crippen LogP contribution in [0.15, 0.2) is 6.20 Å². The minimum atomic E-state index is -0.416. The maximum atomic E-state index is 10.9. The number of nitrogens with two attached hydrogens (primary N) is 1. The summed E-state index contributed by atoms with van der Waals surface area (Å²) in [5, 5.41) is 0. The third kappa shape index (κ3) is 2.55. The van der Waals surface area contributed by atoms with E-state index in [1.54, 1.807) is 6.20 Å². The molecule has 5 nitrogen and oxygen atoms in total. The standard InChI is InChI=1S/C8H13N3O2/c1-5-4-10-8(11-5)6(9)3-7(12)13-2/h4,6H,3,9H2,1-2H3,(H,10,11)/t6-/m0/s1. The van der Waals surface area contributed by atoms with Crippen LogP contribution in [0, 0.1) is 6.92 Å². The fourth-order valence-corrected chi connectivity index (χ4v) is 0.981. The third-order valence-electron chi connectivity index (χ3n) is 1.69. The normalized spacial score (nSPS) is 12.5. The summed E-state index contributed by atoms with van der Waals surface area (Å²) in [6.07, 6.45) is 1.82. The number of carbonyl (C=O) groups is 1. The Kier molecular flexibility index (Phi) is 3.02. The molecule has 1 rings (SSSR count). The highest BCUT2D eigenvalue weighted by Gasteiger charge is 2.13. The maximum absolute atomic E-state index is 10.9. The molecular weight excluding hydrogens is 170 g/mol. The number of hydrogen-bond acceptors (Lipinski definition) is 4. The molecule has 1 aromatic rings. The molecule has 0 amide bonds. The van der Waals surface area contributed by atoms with Crippen molar-refractivity contribution in [1.82, 2.24) is 9.97 Å². The van der Waals surface area contributed by atoms with Gasteiger partial charge in [-0.1, -0.05) is 0 Å². The summed E-state index contributed by atoms with van der Waals surface area (Å²) in [6, 6.07) is -0.416. The van der Waals surface area contributed by atoms with Gasteiger partial charge in [-0.15, -0.1) is 0 Å². The molecule has 0 bridgehead atoms. The predicted molar refractivity (Wildman–Crippen MR) is 46.9 cm³/mol. The van der Waals surface area contributed by atoms with E-state index in [1.165, 1.54) is 7.11 Å². The molecule has 0 saturated carbocycles. The Hall–Kier alpha value is -1.36. The molecule has 0 fully saturated rings. The Morgan fingerprint density at radius 1 is 1.85 bits per heavy atom. The molecule has 0 aromatic carbocycles. The van der Waals surface area contributed by atoms with E-state index in [-0.39, 0.29) is 12.4 Å². The Balaban J connectivity index is 2.58. The van der Waals surface area contributed by atoms with E-state index < -0.39 is 6.04 Å². The predicted octanol–water partition coefficient (Wildman–Crippen LogP) is 0.281. The van der Waals surface area contributed by atoms with Crippen molar-refractivity contribution in [1.29, 1.82) is 0 Å². The van der Waals surface area contributed by atoms with Crippen LogP contribution in [0.4, 0.5) is 0 Å². The van der Waals surface area contributed by atoms with Crippen LogP contribution in [0.2, 0.25) is 0 Å². The Morgan fingerprint density at radius 3 is 3.00 bits per heavy atom. The molecule has 0 radical (unpaired) electrons. The van der Waals surface area contributed by atoms with E-state index in [1.807, 2.05) is 6.92 Å². The van der Waals surface area contributed by atoms with Crippen molar-refractivity contribution >= 4 is 5.97 Å². The van der Waals surface area contributed by atoms with Gasteiger partial charge < -0.3 is 15.5 Å². The van der Waals surface area contributed by atoms with Crippen LogP contribution < -0.4 is 5.73 Å². The lowest BCUT2D eigenvalue weighted by molar-refractivity contribution is -0.141. The molecule has 0 aliphatic carbocycles. The van der Waals surface area contributed by atoms with Crippen LogP contribution in [0.3, 0.4) is 0 Å². The first-order valence-electron chi connectivity index (χ1n) is 3.97. The molecular formula is C8H13N3O2. The highest BCUT2D eigenvalue weighted by Crippen LogP contribution is 2.10. The number of carbonyl (C=O) groups excluding carboxylic acids is 1. The smallest absolute Gasteiger partial charge is 0.307 e. The molecule has 3 N–H and O–H groups in total. The van der Waals surface area contributed by atoms with Gasteiger partial charge in [-0.2, -0.15) is 0 Å². The van der Waals surface area contributed by atoms with Crippen LogP contribution in [0.1, 0.15) is 24.0 Å². The Bertz CT molecular complexity index is 295. The van der Waals surface area contributed by atoms with E-state index in [0.717, 1.165) is 5.69 Å². The minimum Gasteiger partial charge on any atom is -0.469 e. The summed E-state index contributed by atoms with van der Waals surface area (Å²) in [6.45, 7) is 1.88. The van der Waals surface area contributed by atoms with E-state index >= 15 is 0 Å². The summed E-state index contributed by atoms with van der Waals surface area (Å²) >= 11 is 0. The lowest BCUT2D eigenvalue weighted by Crippen LogP contribution is -2.17. The lowest BCUT2D eigenvalue weighted by Gasteiger charge is -2.06. The number of aryl methyl sites for hydroxylation is 1. The van der Waals surface area contributed by atoms with Gasteiger partial charge in [0.05, 0.1) is 19.6 Å². The fourth-order valence-electron chi connectivity index (χ4n) is 0.981. The molecule has 0 aliphatic rings. The molecule has 1 aromatic heterocycles. The third-order valence-corrected chi connectivity index (χ3v) is 1.69. The molecule has 1 atom stereocenters. The highest BCUT2D eigenvalue weighted by atomic mass is 16.5. The van der Waals surface area contributed by atoms with Crippen LogP contribution >= 0.6 is 0 Å². The van der Waals surface area contributed by atoms with E-state index in [0.29, 0.717) is 5.82 Å². The first kappa shape index (κ1) is 9.73. The topological polar surface area (TPSA) is 81.0 Å². The molecule has 0 spiro atoms. The van der Waals surface area contributed by atoms with Crippen molar-refractivity contribution in [3.05, 3.63) is 17.7 Å². The van der Waals surface area contributed by atoms with Crippen molar-refractivity contribution < 1.29 is 9.53 Å². The average molecular weight is 183 g/mol. The summed E-state index contributed by atoms with van der Waals surface area (Å²) in [4.78, 5) is 17.8. The molecule has 13 heavy (non-hydrogen) atoms.